The number of carbonyl (C=O) groups is 9. The molecule has 2 heterocycles. The molecule has 1 aliphatic heterocycles. The Labute approximate surface area is 533 Å². The Morgan fingerprint density at radius 3 is 2.00 bits per heavy atom. The Bertz CT molecular complexity index is 3590. The summed E-state index contributed by atoms with van der Waals surface area (Å²) in [6.07, 6.45) is 2.62. The van der Waals surface area contributed by atoms with Gasteiger partial charge in [0.05, 0.1) is 18.8 Å². The van der Waals surface area contributed by atoms with E-state index in [2.05, 4.69) is 31.2 Å². The van der Waals surface area contributed by atoms with Gasteiger partial charge in [-0.2, -0.15) is 0 Å². The first-order valence-corrected chi connectivity index (χ1v) is 30.7. The maximum Gasteiger partial charge on any atom is 0.245 e. The van der Waals surface area contributed by atoms with Gasteiger partial charge in [-0.15, -0.1) is 0 Å². The van der Waals surface area contributed by atoms with Crippen LogP contribution in [0.2, 0.25) is 5.02 Å². The number of likely N-dealkylation sites (tertiary alicyclic amines) is 1. The van der Waals surface area contributed by atoms with Crippen molar-refractivity contribution in [3.05, 3.63) is 143 Å². The summed E-state index contributed by atoms with van der Waals surface area (Å²) in [4.78, 5) is 141. The van der Waals surface area contributed by atoms with Gasteiger partial charge in [-0.25, -0.2) is 0 Å². The number of rotatable bonds is 30. The molecule has 5 aromatic carbocycles. The van der Waals surface area contributed by atoms with Crippen molar-refractivity contribution in [2.75, 3.05) is 45.2 Å². The molecule has 0 radical (unpaired) electrons. The lowest BCUT2D eigenvalue weighted by molar-refractivity contribution is -0.146. The Kier molecular flexibility index (Phi) is 24.4. The van der Waals surface area contributed by atoms with Crippen LogP contribution >= 0.6 is 11.6 Å². The number of aromatic nitrogens is 1. The number of fused-ring (bicyclic) bond motifs is 2. The molecule has 0 bridgehead atoms. The van der Waals surface area contributed by atoms with Gasteiger partial charge in [0.25, 0.3) is 0 Å². The molecule has 7 atom stereocenters. The summed E-state index contributed by atoms with van der Waals surface area (Å²) >= 11 is 6.14. The molecule has 7 rings (SSSR count). The number of guanidine groups is 1. The highest BCUT2D eigenvalue weighted by Gasteiger charge is 2.41. The zero-order chi connectivity index (χ0) is 66.1. The highest BCUT2D eigenvalue weighted by atomic mass is 35.5. The standard InChI is InChI=1S/C66H82ClN13O11/c1-39(2)33-51(59(85)73-50(18-11-31-71-66(69)70)64(90)79-32-12-20-55(79)65(91)77(4)37-57(68)83)74-61(87)53(35-44-36-72-49-17-9-8-15-47(44)49)75-60(86)52(34-42-23-28-46(82)29-24-42)76-62(88)56(38-81)78(5)63(89)40(3)80(54-19-10-14-43-13-6-7-16-48(43)54)58(84)30-25-41-21-26-45(67)27-22-41/h6-10,13-17,19,21-24,26-29,36,39-40,50-53,55-56,72,81-82H,11-12,18,20,25,30-35,37-38H2,1-5H3,(H2,68,83)(H,73,85)(H,74,87)(H,75,86)(H,76,88)(H4,69,70,71)/t40-,50-,51-,52-,53+,55-,56-/m0/s1. The third-order valence-electron chi connectivity index (χ3n) is 16.1. The van der Waals surface area contributed by atoms with E-state index in [0.717, 1.165) is 31.7 Å². The topological polar surface area (TPSA) is 361 Å². The number of nitrogens with zero attached hydrogens (tertiary/aromatic N) is 5. The maximum atomic E-state index is 15.1. The van der Waals surface area contributed by atoms with E-state index in [4.69, 9.17) is 28.8 Å². The lowest BCUT2D eigenvalue weighted by atomic mass is 9.99. The van der Waals surface area contributed by atoms with Crippen molar-refractivity contribution in [1.29, 1.82) is 0 Å². The molecule has 24 nitrogen and oxygen atoms in total. The van der Waals surface area contributed by atoms with Gasteiger partial charge in [-0.3, -0.25) is 53.0 Å². The van der Waals surface area contributed by atoms with Crippen molar-refractivity contribution in [2.45, 2.75) is 121 Å². The third-order valence-corrected chi connectivity index (χ3v) is 16.4. The van der Waals surface area contributed by atoms with Crippen LogP contribution in [-0.4, -0.2) is 172 Å². The molecule has 9 amide bonds. The molecular weight excluding hydrogens is 1190 g/mol. The van der Waals surface area contributed by atoms with Crippen LogP contribution in [0, 0.1) is 5.92 Å². The molecule has 1 aromatic heterocycles. The molecule has 0 spiro atoms. The fourth-order valence-electron chi connectivity index (χ4n) is 11.3. The molecular formula is C66H82ClN13O11. The van der Waals surface area contributed by atoms with E-state index in [9.17, 15) is 43.8 Å². The fraction of sp³-hybridized carbons (Fsp3) is 0.394. The van der Waals surface area contributed by atoms with Crippen LogP contribution < -0.4 is 43.4 Å². The van der Waals surface area contributed by atoms with Crippen LogP contribution in [0.5, 0.6) is 5.75 Å². The predicted octanol–water partition coefficient (Wildman–Crippen LogP) is 3.31. The number of nitrogens with one attached hydrogen (secondary N) is 5. The van der Waals surface area contributed by atoms with Crippen molar-refractivity contribution >= 4 is 98.1 Å². The summed E-state index contributed by atoms with van der Waals surface area (Å²) in [6.45, 7) is 4.14. The second kappa shape index (κ2) is 32.3. The van der Waals surface area contributed by atoms with Gasteiger partial charge >= 0.3 is 0 Å². The number of aliphatic imine (C=N–C) groups is 1. The number of primary amides is 1. The van der Waals surface area contributed by atoms with Crippen molar-refractivity contribution in [3.8, 4) is 5.75 Å². The monoisotopic (exact) mass is 1270 g/mol. The van der Waals surface area contributed by atoms with E-state index in [-0.39, 0.29) is 82.2 Å². The Balaban J connectivity index is 1.16. The van der Waals surface area contributed by atoms with Gasteiger partial charge in [0.15, 0.2) is 5.96 Å². The van der Waals surface area contributed by atoms with E-state index >= 15 is 9.59 Å². The quantitative estimate of drug-likeness (QED) is 0.0176. The number of aryl methyl sites for hydroxylation is 1. The molecule has 13 N–H and O–H groups in total. The van der Waals surface area contributed by atoms with Crippen molar-refractivity contribution in [2.24, 2.45) is 28.1 Å². The maximum absolute atomic E-state index is 15.1. The number of para-hydroxylation sites is 1. The van der Waals surface area contributed by atoms with Gasteiger partial charge < -0.3 is 68.4 Å². The number of amides is 9. The van der Waals surface area contributed by atoms with Gasteiger partial charge in [0.2, 0.25) is 53.2 Å². The first-order valence-electron chi connectivity index (χ1n) is 30.3. The summed E-state index contributed by atoms with van der Waals surface area (Å²) in [7, 11) is 2.71. The summed E-state index contributed by atoms with van der Waals surface area (Å²) < 4.78 is 0. The largest absolute Gasteiger partial charge is 0.508 e. The number of nitrogens with two attached hydrogens (primary N) is 3. The number of aliphatic hydroxyl groups is 1. The highest BCUT2D eigenvalue weighted by molar-refractivity contribution is 6.30. The molecule has 25 heteroatoms. The second-order valence-corrected chi connectivity index (χ2v) is 23.8. The van der Waals surface area contributed by atoms with Crippen molar-refractivity contribution < 1.29 is 53.4 Å². The molecule has 484 valence electrons. The first-order chi connectivity index (χ1) is 43.4. The van der Waals surface area contributed by atoms with Crippen LogP contribution in [0.15, 0.2) is 126 Å². The Morgan fingerprint density at radius 1 is 0.725 bits per heavy atom. The highest BCUT2D eigenvalue weighted by Crippen LogP contribution is 2.31. The van der Waals surface area contributed by atoms with Crippen LogP contribution in [0.25, 0.3) is 21.7 Å². The number of carbonyl (C=O) groups excluding carboxylic acids is 9. The summed E-state index contributed by atoms with van der Waals surface area (Å²) in [5, 5.41) is 35.2. The van der Waals surface area contributed by atoms with Crippen molar-refractivity contribution in [1.82, 2.24) is 41.0 Å². The van der Waals surface area contributed by atoms with Crippen LogP contribution in [0.1, 0.15) is 76.0 Å². The molecule has 1 saturated heterocycles. The van der Waals surface area contributed by atoms with E-state index in [1.165, 1.54) is 55.1 Å². The average Bonchev–Trinajstić information content (AvgIpc) is 0.993. The summed E-state index contributed by atoms with van der Waals surface area (Å²) in [6, 6.07) is 23.5. The SMILES string of the molecule is CC(C)C[C@H](NC(=O)[C@@H](Cc1c[nH]c2ccccc12)NC(=O)[C@H](Cc1ccc(O)cc1)NC(=O)[C@H](CO)N(C)C(=O)[C@H](C)N(C(=O)CCc1ccc(Cl)cc1)c1cccc2ccccc12)C(=O)N[C@@H](CCCN=C(N)N)C(=O)N1CCC[C@H]1C(=O)N(C)CC(N)=O. The normalized spacial score (nSPS) is 14.9. The van der Waals surface area contributed by atoms with Crippen LogP contribution in [0.3, 0.4) is 0 Å². The van der Waals surface area contributed by atoms with Crippen LogP contribution in [0.4, 0.5) is 5.69 Å². The second-order valence-electron chi connectivity index (χ2n) is 23.3. The van der Waals surface area contributed by atoms with Gasteiger partial charge in [-0.1, -0.05) is 104 Å². The van der Waals surface area contributed by atoms with E-state index < -0.39 is 102 Å². The Morgan fingerprint density at radius 2 is 1.33 bits per heavy atom. The third kappa shape index (κ3) is 18.5. The molecule has 0 saturated carbocycles. The number of aromatic hydroxyl groups is 1. The zero-order valence-corrected chi connectivity index (χ0v) is 52.5. The number of benzene rings is 5. The molecule has 0 aliphatic carbocycles. The van der Waals surface area contributed by atoms with E-state index in [1.54, 1.807) is 36.5 Å². The van der Waals surface area contributed by atoms with Gasteiger partial charge in [0, 0.05) is 74.0 Å². The number of phenols is 1. The smallest absolute Gasteiger partial charge is 0.245 e. The number of hydrogen-bond acceptors (Lipinski definition) is 12. The number of halogens is 1. The van der Waals surface area contributed by atoms with Crippen molar-refractivity contribution in [3.63, 3.8) is 0 Å². The molecule has 91 heavy (non-hydrogen) atoms. The fourth-order valence-corrected chi connectivity index (χ4v) is 11.5. The minimum Gasteiger partial charge on any atom is -0.508 e. The zero-order valence-electron chi connectivity index (χ0n) is 51.8. The first kappa shape index (κ1) is 68.9. The Hall–Kier alpha value is -9.55. The number of phenolic OH excluding ortho intramolecular Hbond substituents is 1. The van der Waals surface area contributed by atoms with Crippen LogP contribution in [-0.2, 0) is 62.4 Å². The number of likely N-dealkylation sites (N-methyl/N-ethyl adjacent to an activating group) is 2. The number of hydrogen-bond donors (Lipinski definition) is 10. The van der Waals surface area contributed by atoms with E-state index in [0.29, 0.717) is 40.1 Å². The molecule has 0 unspecified atom stereocenters. The number of aliphatic hydroxyl groups excluding tert-OH is 1. The lowest BCUT2D eigenvalue weighted by Crippen LogP contribution is -2.61. The predicted molar refractivity (Wildman–Crippen MR) is 347 cm³/mol. The van der Waals surface area contributed by atoms with E-state index in [1.807, 2.05) is 74.5 Å². The molecule has 1 aliphatic rings. The van der Waals surface area contributed by atoms with Gasteiger partial charge in [0.1, 0.15) is 48.0 Å². The average molecular weight is 1270 g/mol. The minimum atomic E-state index is -1.63. The number of aromatic amines is 1. The lowest BCUT2D eigenvalue weighted by Gasteiger charge is -2.35. The number of anilines is 1. The molecule has 1 fully saturated rings. The van der Waals surface area contributed by atoms with Gasteiger partial charge in [-0.05, 0) is 110 Å². The number of H-pyrrole nitrogens is 1. The summed E-state index contributed by atoms with van der Waals surface area (Å²) in [5.41, 5.74) is 19.6. The minimum absolute atomic E-state index is 0.0103. The summed E-state index contributed by atoms with van der Waals surface area (Å²) in [5.74, 6) is -6.89. The molecule has 6 aromatic rings.